The second-order valence-electron chi connectivity index (χ2n) is 10.8. The molecule has 39 heavy (non-hydrogen) atoms. The molecule has 1 spiro atoms. The minimum absolute atomic E-state index is 0.0411. The molecule has 9 heteroatoms. The molecule has 0 aliphatic carbocycles. The quantitative estimate of drug-likeness (QED) is 0.195. The highest BCUT2D eigenvalue weighted by Gasteiger charge is 2.75. The molecule has 3 fully saturated rings. The number of nitrogens with zero attached hydrogens (tertiary/aromatic N) is 3. The van der Waals surface area contributed by atoms with E-state index in [1.54, 1.807) is 45.7 Å². The first kappa shape index (κ1) is 29.9. The van der Waals surface area contributed by atoms with Crippen LogP contribution in [0.3, 0.4) is 0 Å². The first-order valence-electron chi connectivity index (χ1n) is 13.8. The minimum atomic E-state index is -0.663. The van der Waals surface area contributed by atoms with Crippen molar-refractivity contribution in [3.05, 3.63) is 61.2 Å². The number of carbonyl (C=O) groups excluding carboxylic acids is 3. The second kappa shape index (κ2) is 13.0. The standard InChI is InChI=1S/C30H40BrN3O4S/c1-4-15-32(3)27(36)23-24-28(37)34(17-11-6-7-12-18-35)26(30(24)19-22(31)25(23)39-30)29(38)33(16-5-2)20-21-13-9-8-10-14-21/h4-5,8-10,13-14,22-26,35H,1-2,6-7,11-12,15-20H2,3H3/t22?,23-,24+,25-,26?,30?/m1/s1. The number of thioether (sulfide) groups is 1. The summed E-state index contributed by atoms with van der Waals surface area (Å²) >= 11 is 5.51. The van der Waals surface area contributed by atoms with Crippen LogP contribution in [0.5, 0.6) is 0 Å². The van der Waals surface area contributed by atoms with Gasteiger partial charge >= 0.3 is 0 Å². The average Bonchev–Trinajstić information content (AvgIpc) is 3.51. The number of halogens is 1. The second-order valence-corrected chi connectivity index (χ2v) is 13.5. The van der Waals surface area contributed by atoms with Gasteiger partial charge in [-0.1, -0.05) is 71.3 Å². The van der Waals surface area contributed by atoms with Gasteiger partial charge in [-0.3, -0.25) is 14.4 Å². The van der Waals surface area contributed by atoms with Crippen LogP contribution in [-0.4, -0.2) is 91.7 Å². The summed E-state index contributed by atoms with van der Waals surface area (Å²) in [5.74, 6) is -1.23. The number of alkyl halides is 1. The van der Waals surface area contributed by atoms with Gasteiger partial charge in [0.15, 0.2) is 0 Å². The molecule has 3 saturated heterocycles. The molecule has 212 valence electrons. The minimum Gasteiger partial charge on any atom is -0.396 e. The molecule has 3 aliphatic rings. The maximum absolute atomic E-state index is 14.5. The number of benzene rings is 1. The van der Waals surface area contributed by atoms with Crippen LogP contribution in [0.25, 0.3) is 0 Å². The predicted octanol–water partition coefficient (Wildman–Crippen LogP) is 3.86. The lowest BCUT2D eigenvalue weighted by molar-refractivity contribution is -0.144. The number of hydrogen-bond acceptors (Lipinski definition) is 5. The lowest BCUT2D eigenvalue weighted by atomic mass is 9.70. The summed E-state index contributed by atoms with van der Waals surface area (Å²) in [6.45, 7) is 9.49. The molecule has 7 nitrogen and oxygen atoms in total. The Bertz CT molecular complexity index is 1070. The predicted molar refractivity (Wildman–Crippen MR) is 159 cm³/mol. The highest BCUT2D eigenvalue weighted by molar-refractivity contribution is 9.09. The summed E-state index contributed by atoms with van der Waals surface area (Å²) in [6.07, 6.45) is 7.30. The summed E-state index contributed by atoms with van der Waals surface area (Å²) in [6, 6.07) is 9.21. The van der Waals surface area contributed by atoms with Crippen molar-refractivity contribution >= 4 is 45.4 Å². The van der Waals surface area contributed by atoms with Crippen LogP contribution in [0.1, 0.15) is 37.7 Å². The number of hydrogen-bond donors (Lipinski definition) is 1. The summed E-state index contributed by atoms with van der Waals surface area (Å²) in [5, 5.41) is 9.10. The Morgan fingerprint density at radius 1 is 1.13 bits per heavy atom. The molecule has 4 rings (SSSR count). The Kier molecular flexibility index (Phi) is 9.99. The lowest BCUT2D eigenvalue weighted by Gasteiger charge is -2.38. The summed E-state index contributed by atoms with van der Waals surface area (Å²) in [4.78, 5) is 47.7. The van der Waals surface area contributed by atoms with Gasteiger partial charge in [0, 0.05) is 49.9 Å². The molecule has 6 atom stereocenters. The van der Waals surface area contributed by atoms with Gasteiger partial charge in [-0.05, 0) is 24.8 Å². The Morgan fingerprint density at radius 3 is 2.49 bits per heavy atom. The van der Waals surface area contributed by atoms with Crippen LogP contribution >= 0.6 is 27.7 Å². The SMILES string of the molecule is C=CCN(C)C(=O)[C@H]1[C@@H]2SC3(CC2Br)C(C(=O)N(CC=C)Cc2ccccc2)N(CCCCCCO)C(=O)[C@H]13. The van der Waals surface area contributed by atoms with Crippen molar-refractivity contribution in [1.29, 1.82) is 0 Å². The van der Waals surface area contributed by atoms with Crippen LogP contribution in [0.4, 0.5) is 0 Å². The number of aliphatic hydroxyl groups excluding tert-OH is 1. The van der Waals surface area contributed by atoms with Crippen molar-refractivity contribution in [3.8, 4) is 0 Å². The Morgan fingerprint density at radius 2 is 1.82 bits per heavy atom. The molecule has 0 radical (unpaired) electrons. The molecule has 2 bridgehead atoms. The van der Waals surface area contributed by atoms with Gasteiger partial charge in [0.25, 0.3) is 0 Å². The topological polar surface area (TPSA) is 81.2 Å². The molecule has 3 heterocycles. The fourth-order valence-corrected chi connectivity index (χ4v) is 10.2. The third kappa shape index (κ3) is 5.72. The van der Waals surface area contributed by atoms with Gasteiger partial charge < -0.3 is 19.8 Å². The van der Waals surface area contributed by atoms with Crippen LogP contribution < -0.4 is 0 Å². The molecule has 3 unspecified atom stereocenters. The van der Waals surface area contributed by atoms with Gasteiger partial charge in [0.1, 0.15) is 6.04 Å². The van der Waals surface area contributed by atoms with Gasteiger partial charge in [-0.25, -0.2) is 0 Å². The number of amides is 3. The zero-order chi connectivity index (χ0) is 28.2. The summed E-state index contributed by atoms with van der Waals surface area (Å²) < 4.78 is -0.663. The van der Waals surface area contributed by atoms with E-state index in [4.69, 9.17) is 5.11 Å². The molecule has 1 N–H and O–H groups in total. The molecule has 0 saturated carbocycles. The molecular weight excluding hydrogens is 578 g/mol. The van der Waals surface area contributed by atoms with E-state index in [0.717, 1.165) is 31.2 Å². The fourth-order valence-electron chi connectivity index (χ4n) is 6.58. The Hall–Kier alpha value is -2.10. The summed E-state index contributed by atoms with van der Waals surface area (Å²) in [5.41, 5.74) is 1.02. The fraction of sp³-hybridized carbons (Fsp3) is 0.567. The molecular formula is C30H40BrN3O4S. The van der Waals surface area contributed by atoms with E-state index in [1.807, 2.05) is 30.3 Å². The van der Waals surface area contributed by atoms with Gasteiger partial charge in [-0.15, -0.1) is 24.9 Å². The van der Waals surface area contributed by atoms with Crippen LogP contribution in [0.2, 0.25) is 0 Å². The highest BCUT2D eigenvalue weighted by Crippen LogP contribution is 2.68. The van der Waals surface area contributed by atoms with Gasteiger partial charge in [0.05, 0.1) is 16.6 Å². The van der Waals surface area contributed by atoms with Crippen molar-refractivity contribution in [2.24, 2.45) is 11.8 Å². The monoisotopic (exact) mass is 617 g/mol. The number of likely N-dealkylation sites (tertiary alicyclic amines) is 1. The summed E-state index contributed by atoms with van der Waals surface area (Å²) in [7, 11) is 1.75. The Labute approximate surface area is 244 Å². The van der Waals surface area contributed by atoms with E-state index in [0.29, 0.717) is 32.6 Å². The first-order chi connectivity index (χ1) is 18.8. The number of likely N-dealkylation sites (N-methyl/N-ethyl adjacent to an activating group) is 1. The maximum atomic E-state index is 14.5. The van der Waals surface area contributed by atoms with Crippen molar-refractivity contribution < 1.29 is 19.5 Å². The average molecular weight is 619 g/mol. The third-order valence-electron chi connectivity index (χ3n) is 8.27. The van der Waals surface area contributed by atoms with E-state index >= 15 is 0 Å². The Balaban J connectivity index is 1.69. The van der Waals surface area contributed by atoms with Crippen LogP contribution in [-0.2, 0) is 20.9 Å². The normalized spacial score (nSPS) is 28.8. The first-order valence-corrected chi connectivity index (χ1v) is 15.6. The molecule has 1 aromatic rings. The third-order valence-corrected chi connectivity index (χ3v) is 11.5. The van der Waals surface area contributed by atoms with Crippen LogP contribution in [0.15, 0.2) is 55.6 Å². The van der Waals surface area contributed by atoms with E-state index in [9.17, 15) is 14.4 Å². The molecule has 0 aromatic heterocycles. The molecule has 3 aliphatic heterocycles. The van der Waals surface area contributed by atoms with Crippen LogP contribution in [0, 0.1) is 11.8 Å². The largest absolute Gasteiger partial charge is 0.396 e. The zero-order valence-corrected chi connectivity index (χ0v) is 25.1. The maximum Gasteiger partial charge on any atom is 0.247 e. The lowest BCUT2D eigenvalue weighted by Crippen LogP contribution is -2.55. The van der Waals surface area contributed by atoms with E-state index in [2.05, 4.69) is 29.1 Å². The van der Waals surface area contributed by atoms with Gasteiger partial charge in [0.2, 0.25) is 17.7 Å². The number of rotatable bonds is 14. The van der Waals surface area contributed by atoms with Crippen molar-refractivity contribution in [1.82, 2.24) is 14.7 Å². The number of carbonyl (C=O) groups is 3. The van der Waals surface area contributed by atoms with Crippen molar-refractivity contribution in [2.45, 2.75) is 59.5 Å². The highest BCUT2D eigenvalue weighted by atomic mass is 79.9. The van der Waals surface area contributed by atoms with Crippen molar-refractivity contribution in [3.63, 3.8) is 0 Å². The number of fused-ring (bicyclic) bond motifs is 1. The number of unbranched alkanes of at least 4 members (excludes halogenated alkanes) is 3. The molecule has 1 aromatic carbocycles. The van der Waals surface area contributed by atoms with E-state index in [1.165, 1.54) is 0 Å². The van der Waals surface area contributed by atoms with E-state index in [-0.39, 0.29) is 34.4 Å². The molecule has 3 amide bonds. The van der Waals surface area contributed by atoms with E-state index < -0.39 is 22.6 Å². The zero-order valence-electron chi connectivity index (χ0n) is 22.7. The number of aliphatic hydroxyl groups is 1. The van der Waals surface area contributed by atoms with Gasteiger partial charge in [-0.2, -0.15) is 0 Å². The van der Waals surface area contributed by atoms with Crippen molar-refractivity contribution in [2.75, 3.05) is 33.3 Å². The smallest absolute Gasteiger partial charge is 0.247 e.